The Hall–Kier alpha value is -0.300. The topological polar surface area (TPSA) is 55.2 Å². The van der Waals surface area contributed by atoms with Gasteiger partial charge in [-0.05, 0) is 0 Å². The average molecular weight is 342 g/mol. The fourth-order valence-corrected chi connectivity index (χ4v) is 4.28. The molecular weight excluding hydrogens is 321 g/mol. The van der Waals surface area contributed by atoms with Gasteiger partial charge in [0.2, 0.25) is 10.0 Å². The maximum absolute atomic E-state index is 12.7. The molecule has 0 aromatic carbocycles. The Bertz CT molecular complexity index is 544. The highest BCUT2D eigenvalue weighted by Crippen LogP contribution is 2.29. The smallest absolute Gasteiger partial charge is 0.246 e. The van der Waals surface area contributed by atoms with Crippen LogP contribution < -0.4 is 0 Å². The fourth-order valence-electron chi connectivity index (χ4n) is 1.85. The predicted octanol–water partition coefficient (Wildman–Crippen LogP) is 2.19. The lowest BCUT2D eigenvalue weighted by molar-refractivity contribution is 0.444. The lowest BCUT2D eigenvalue weighted by atomic mass is 9.92. The van der Waals surface area contributed by atoms with Gasteiger partial charge >= 0.3 is 0 Å². The molecule has 1 aromatic rings. The summed E-state index contributed by atoms with van der Waals surface area (Å²) in [4.78, 5) is 0.225. The maximum atomic E-state index is 12.7. The summed E-state index contributed by atoms with van der Waals surface area (Å²) in [6, 6.07) is 0. The van der Waals surface area contributed by atoms with Crippen LogP contribution in [0.4, 0.5) is 0 Å². The van der Waals surface area contributed by atoms with E-state index in [1.54, 1.807) is 7.05 Å². The third-order valence-corrected chi connectivity index (χ3v) is 5.03. The van der Waals surface area contributed by atoms with Gasteiger partial charge in [-0.25, -0.2) is 8.42 Å². The van der Waals surface area contributed by atoms with Gasteiger partial charge in [-0.1, -0.05) is 20.8 Å². The van der Waals surface area contributed by atoms with E-state index in [1.165, 1.54) is 15.2 Å². The minimum atomic E-state index is -3.64. The lowest BCUT2D eigenvalue weighted by Crippen LogP contribution is -2.35. The van der Waals surface area contributed by atoms with Gasteiger partial charge in [0.05, 0.1) is 5.69 Å². The molecule has 0 bridgehead atoms. The van der Waals surface area contributed by atoms with E-state index in [-0.39, 0.29) is 35.2 Å². The van der Waals surface area contributed by atoms with Crippen molar-refractivity contribution in [2.45, 2.75) is 31.1 Å². The molecule has 0 aliphatic rings. The molecule has 0 spiro atoms. The third kappa shape index (κ3) is 3.87. The predicted molar refractivity (Wildman–Crippen MR) is 82.1 cm³/mol. The molecule has 0 radical (unpaired) electrons. The van der Waals surface area contributed by atoms with Gasteiger partial charge in [0, 0.05) is 43.5 Å². The first-order valence-corrected chi connectivity index (χ1v) is 8.81. The van der Waals surface area contributed by atoms with Crippen molar-refractivity contribution in [2.75, 3.05) is 24.8 Å². The molecule has 116 valence electrons. The van der Waals surface area contributed by atoms with Crippen molar-refractivity contribution >= 4 is 33.2 Å². The van der Waals surface area contributed by atoms with Crippen LogP contribution in [-0.2, 0) is 22.5 Å². The molecule has 5 nitrogen and oxygen atoms in total. The van der Waals surface area contributed by atoms with Crippen molar-refractivity contribution < 1.29 is 8.42 Å². The number of nitrogens with zero attached hydrogens (tertiary/aromatic N) is 3. The molecule has 20 heavy (non-hydrogen) atoms. The van der Waals surface area contributed by atoms with Gasteiger partial charge in [0.25, 0.3) is 0 Å². The Morgan fingerprint density at radius 1 is 1.25 bits per heavy atom. The van der Waals surface area contributed by atoms with Crippen LogP contribution in [0.15, 0.2) is 11.1 Å². The van der Waals surface area contributed by atoms with Crippen molar-refractivity contribution in [3.8, 4) is 0 Å². The van der Waals surface area contributed by atoms with Crippen molar-refractivity contribution in [3.63, 3.8) is 0 Å². The second-order valence-corrected chi connectivity index (χ2v) is 8.21. The number of rotatable bonds is 6. The molecule has 1 aromatic heterocycles. The first kappa shape index (κ1) is 17.8. The Balaban J connectivity index is 3.34. The molecule has 8 heteroatoms. The second-order valence-electron chi connectivity index (χ2n) is 5.55. The number of hydrogen-bond donors (Lipinski definition) is 0. The molecule has 1 rings (SSSR count). The Kier molecular flexibility index (Phi) is 5.89. The summed E-state index contributed by atoms with van der Waals surface area (Å²) in [5, 5.41) is 4.30. The highest BCUT2D eigenvalue weighted by atomic mass is 35.5. The molecule has 0 aliphatic heterocycles. The summed E-state index contributed by atoms with van der Waals surface area (Å²) < 4.78 is 28.3. The molecule has 0 N–H and O–H groups in total. The average Bonchev–Trinajstić information content (AvgIpc) is 2.71. The molecule has 1 heterocycles. The van der Waals surface area contributed by atoms with Gasteiger partial charge in [0.1, 0.15) is 4.90 Å². The zero-order valence-electron chi connectivity index (χ0n) is 12.2. The fraction of sp³-hybridized carbons (Fsp3) is 0.750. The van der Waals surface area contributed by atoms with E-state index in [4.69, 9.17) is 23.2 Å². The van der Waals surface area contributed by atoms with Gasteiger partial charge in [0.15, 0.2) is 0 Å². The standard InChI is InChI=1S/C12H21Cl2N3O2S/c1-12(2,3)11-10(9-16(4)15-11)20(18,19)17(7-5-13)8-6-14/h9H,5-8H2,1-4H3. The highest BCUT2D eigenvalue weighted by Gasteiger charge is 2.33. The summed E-state index contributed by atoms with van der Waals surface area (Å²) in [7, 11) is -1.93. The van der Waals surface area contributed by atoms with Crippen molar-refractivity contribution in [3.05, 3.63) is 11.9 Å². The number of aryl methyl sites for hydroxylation is 1. The number of alkyl halides is 2. The first-order chi connectivity index (χ1) is 9.14. The van der Waals surface area contributed by atoms with E-state index >= 15 is 0 Å². The molecule has 0 aliphatic carbocycles. The summed E-state index contributed by atoms with van der Waals surface area (Å²) >= 11 is 11.4. The largest absolute Gasteiger partial charge is 0.274 e. The normalized spacial score (nSPS) is 13.2. The quantitative estimate of drug-likeness (QED) is 0.745. The van der Waals surface area contributed by atoms with Gasteiger partial charge in [-0.2, -0.15) is 9.40 Å². The highest BCUT2D eigenvalue weighted by molar-refractivity contribution is 7.89. The van der Waals surface area contributed by atoms with Gasteiger partial charge in [-0.3, -0.25) is 4.68 Å². The summed E-state index contributed by atoms with van der Waals surface area (Å²) in [5.74, 6) is 0.447. The zero-order chi connectivity index (χ0) is 15.6. The molecule has 0 saturated carbocycles. The molecule has 0 amide bonds. The summed E-state index contributed by atoms with van der Waals surface area (Å²) in [6.45, 7) is 6.26. The Morgan fingerprint density at radius 3 is 2.15 bits per heavy atom. The van der Waals surface area contributed by atoms with Crippen LogP contribution >= 0.6 is 23.2 Å². The van der Waals surface area contributed by atoms with Crippen molar-refractivity contribution in [1.29, 1.82) is 0 Å². The number of sulfonamides is 1. The zero-order valence-corrected chi connectivity index (χ0v) is 14.6. The van der Waals surface area contributed by atoms with Crippen molar-refractivity contribution in [1.82, 2.24) is 14.1 Å². The van der Waals surface area contributed by atoms with E-state index in [0.717, 1.165) is 0 Å². The molecule has 0 unspecified atom stereocenters. The summed E-state index contributed by atoms with van der Waals surface area (Å²) in [5.41, 5.74) is 0.186. The monoisotopic (exact) mass is 341 g/mol. The van der Waals surface area contributed by atoms with E-state index in [9.17, 15) is 8.42 Å². The molecule has 0 saturated heterocycles. The van der Waals surface area contributed by atoms with E-state index in [1.807, 2.05) is 20.8 Å². The van der Waals surface area contributed by atoms with Gasteiger partial charge < -0.3 is 0 Å². The van der Waals surface area contributed by atoms with Crippen LogP contribution in [0.3, 0.4) is 0 Å². The summed E-state index contributed by atoms with van der Waals surface area (Å²) in [6.07, 6.45) is 1.53. The van der Waals surface area contributed by atoms with E-state index in [0.29, 0.717) is 5.69 Å². The van der Waals surface area contributed by atoms with Crippen LogP contribution in [0, 0.1) is 0 Å². The SMILES string of the molecule is Cn1cc(S(=O)(=O)N(CCCl)CCCl)c(C(C)(C)C)n1. The molecular formula is C12H21Cl2N3O2S. The Morgan fingerprint density at radius 2 is 1.75 bits per heavy atom. The second kappa shape index (κ2) is 6.64. The molecule has 0 atom stereocenters. The van der Waals surface area contributed by atoms with Crippen LogP contribution in [0.2, 0.25) is 0 Å². The third-order valence-electron chi connectivity index (χ3n) is 2.79. The Labute approximate surface area is 130 Å². The van der Waals surface area contributed by atoms with Crippen LogP contribution in [-0.4, -0.2) is 47.4 Å². The molecule has 0 fully saturated rings. The number of aromatic nitrogens is 2. The van der Waals surface area contributed by atoms with E-state index < -0.39 is 10.0 Å². The van der Waals surface area contributed by atoms with E-state index in [2.05, 4.69) is 5.10 Å². The van der Waals surface area contributed by atoms with Crippen LogP contribution in [0.5, 0.6) is 0 Å². The minimum Gasteiger partial charge on any atom is -0.274 e. The minimum absolute atomic E-state index is 0.223. The van der Waals surface area contributed by atoms with Crippen molar-refractivity contribution in [2.24, 2.45) is 7.05 Å². The van der Waals surface area contributed by atoms with Crippen LogP contribution in [0.25, 0.3) is 0 Å². The maximum Gasteiger partial charge on any atom is 0.246 e. The van der Waals surface area contributed by atoms with Gasteiger partial charge in [-0.15, -0.1) is 23.2 Å². The van der Waals surface area contributed by atoms with Crippen LogP contribution in [0.1, 0.15) is 26.5 Å². The lowest BCUT2D eigenvalue weighted by Gasteiger charge is -2.23. The number of halogens is 2. The number of hydrogen-bond acceptors (Lipinski definition) is 3. The first-order valence-electron chi connectivity index (χ1n) is 6.30.